The number of benzene rings is 1. The predicted molar refractivity (Wildman–Crippen MR) is 100 cm³/mol. The highest BCUT2D eigenvalue weighted by molar-refractivity contribution is 7.22. The monoisotopic (exact) mass is 366 g/mol. The van der Waals surface area contributed by atoms with E-state index in [9.17, 15) is 5.11 Å². The van der Waals surface area contributed by atoms with E-state index in [1.54, 1.807) is 11.3 Å². The topological polar surface area (TPSA) is 51.6 Å². The first-order chi connectivity index (χ1) is 11.6. The molecular formula is C17H23ClN4OS. The molecule has 24 heavy (non-hydrogen) atoms. The zero-order valence-corrected chi connectivity index (χ0v) is 15.2. The van der Waals surface area contributed by atoms with Crippen LogP contribution < -0.4 is 10.2 Å². The lowest BCUT2D eigenvalue weighted by atomic mass is 10.0. The highest BCUT2D eigenvalue weighted by atomic mass is 35.5. The lowest BCUT2D eigenvalue weighted by Crippen LogP contribution is -2.45. The maximum atomic E-state index is 10.6. The van der Waals surface area contributed by atoms with Crippen molar-refractivity contribution in [2.24, 2.45) is 0 Å². The predicted octanol–water partition coefficient (Wildman–Crippen LogP) is 2.19. The lowest BCUT2D eigenvalue weighted by Gasteiger charge is -2.29. The van der Waals surface area contributed by atoms with E-state index in [1.807, 2.05) is 18.2 Å². The van der Waals surface area contributed by atoms with Crippen LogP contribution in [0.1, 0.15) is 12.8 Å². The van der Waals surface area contributed by atoms with Gasteiger partial charge in [0.15, 0.2) is 5.13 Å². The quantitative estimate of drug-likeness (QED) is 0.872. The van der Waals surface area contributed by atoms with Crippen molar-refractivity contribution in [1.82, 2.24) is 15.2 Å². The van der Waals surface area contributed by atoms with Gasteiger partial charge in [-0.2, -0.15) is 0 Å². The molecule has 0 aliphatic carbocycles. The summed E-state index contributed by atoms with van der Waals surface area (Å²) in [6.45, 7) is 6.38. The van der Waals surface area contributed by atoms with Gasteiger partial charge < -0.3 is 15.3 Å². The van der Waals surface area contributed by atoms with Gasteiger partial charge in [0.2, 0.25) is 0 Å². The molecule has 4 rings (SSSR count). The normalized spacial score (nSPS) is 26.2. The van der Waals surface area contributed by atoms with Crippen molar-refractivity contribution in [2.45, 2.75) is 18.4 Å². The number of aliphatic hydroxyl groups is 1. The molecule has 2 aliphatic heterocycles. The fourth-order valence-corrected chi connectivity index (χ4v) is 4.92. The van der Waals surface area contributed by atoms with Crippen LogP contribution in [0.15, 0.2) is 18.2 Å². The van der Waals surface area contributed by atoms with Crippen LogP contribution in [-0.4, -0.2) is 66.4 Å². The zero-order valence-electron chi connectivity index (χ0n) is 13.7. The van der Waals surface area contributed by atoms with E-state index in [0.29, 0.717) is 6.54 Å². The molecule has 1 atom stereocenters. The van der Waals surface area contributed by atoms with Crippen LogP contribution in [0.2, 0.25) is 5.02 Å². The standard InChI is InChI=1S/C17H23ClN4OS/c18-13-2-3-14-15(10-13)24-16(20-14)22-7-1-6-21(8-9-22)12-17(23)4-5-19-11-17/h2-3,10,19,23H,1,4-9,11-12H2/t17-/m0/s1. The molecule has 0 spiro atoms. The number of β-amino-alcohol motifs (C(OH)–C–C–N with tert-alkyl or cyclic N) is 1. The number of nitrogens with one attached hydrogen (secondary N) is 1. The Balaban J connectivity index is 1.43. The Kier molecular flexibility index (Phi) is 4.66. The third-order valence-electron chi connectivity index (χ3n) is 4.94. The van der Waals surface area contributed by atoms with Crippen molar-refractivity contribution in [1.29, 1.82) is 0 Å². The van der Waals surface area contributed by atoms with E-state index in [0.717, 1.165) is 72.5 Å². The summed E-state index contributed by atoms with van der Waals surface area (Å²) in [5.41, 5.74) is 0.466. The van der Waals surface area contributed by atoms with E-state index in [2.05, 4.69) is 15.1 Å². The average molecular weight is 367 g/mol. The van der Waals surface area contributed by atoms with Crippen molar-refractivity contribution in [3.05, 3.63) is 23.2 Å². The zero-order chi connectivity index (χ0) is 16.6. The molecule has 5 nitrogen and oxygen atoms in total. The van der Waals surface area contributed by atoms with E-state index < -0.39 is 5.60 Å². The van der Waals surface area contributed by atoms with Gasteiger partial charge in [-0.25, -0.2) is 4.98 Å². The summed E-state index contributed by atoms with van der Waals surface area (Å²) in [5, 5.41) is 15.7. The van der Waals surface area contributed by atoms with Gasteiger partial charge in [-0.15, -0.1) is 0 Å². The Morgan fingerprint density at radius 3 is 3.04 bits per heavy atom. The van der Waals surface area contributed by atoms with E-state index in [-0.39, 0.29) is 0 Å². The molecule has 2 aromatic rings. The summed E-state index contributed by atoms with van der Waals surface area (Å²) in [6, 6.07) is 5.88. The second kappa shape index (κ2) is 6.77. The minimum absolute atomic E-state index is 0.554. The third kappa shape index (κ3) is 3.53. The fraction of sp³-hybridized carbons (Fsp3) is 0.588. The lowest BCUT2D eigenvalue weighted by molar-refractivity contribution is 0.0228. The van der Waals surface area contributed by atoms with Gasteiger partial charge >= 0.3 is 0 Å². The van der Waals surface area contributed by atoms with Crippen LogP contribution in [0.5, 0.6) is 0 Å². The van der Waals surface area contributed by atoms with Gasteiger partial charge in [0.25, 0.3) is 0 Å². The van der Waals surface area contributed by atoms with E-state index >= 15 is 0 Å². The van der Waals surface area contributed by atoms with Crippen LogP contribution in [0.4, 0.5) is 5.13 Å². The van der Waals surface area contributed by atoms with Gasteiger partial charge in [-0.1, -0.05) is 22.9 Å². The number of hydrogen-bond acceptors (Lipinski definition) is 6. The molecule has 0 unspecified atom stereocenters. The minimum atomic E-state index is -0.554. The molecule has 0 amide bonds. The van der Waals surface area contributed by atoms with Crippen LogP contribution in [0.3, 0.4) is 0 Å². The van der Waals surface area contributed by atoms with Crippen molar-refractivity contribution < 1.29 is 5.11 Å². The van der Waals surface area contributed by atoms with Crippen molar-refractivity contribution in [3.63, 3.8) is 0 Å². The molecule has 1 aromatic carbocycles. The first-order valence-corrected chi connectivity index (χ1v) is 9.77. The number of fused-ring (bicyclic) bond motifs is 1. The fourth-order valence-electron chi connectivity index (χ4n) is 3.62. The van der Waals surface area contributed by atoms with Crippen molar-refractivity contribution >= 4 is 38.3 Å². The maximum Gasteiger partial charge on any atom is 0.186 e. The largest absolute Gasteiger partial charge is 0.387 e. The second-order valence-electron chi connectivity index (χ2n) is 6.88. The number of halogens is 1. The molecule has 2 aliphatic rings. The molecule has 3 heterocycles. The summed E-state index contributed by atoms with van der Waals surface area (Å²) in [5.74, 6) is 0. The average Bonchev–Trinajstić information content (AvgIpc) is 3.09. The molecule has 0 radical (unpaired) electrons. The summed E-state index contributed by atoms with van der Waals surface area (Å²) in [6.07, 6.45) is 1.95. The van der Waals surface area contributed by atoms with Gasteiger partial charge in [-0.3, -0.25) is 4.90 Å². The maximum absolute atomic E-state index is 10.6. The van der Waals surface area contributed by atoms with E-state index in [4.69, 9.17) is 16.6 Å². The van der Waals surface area contributed by atoms with Crippen molar-refractivity contribution in [2.75, 3.05) is 50.7 Å². The first kappa shape index (κ1) is 16.5. The third-order valence-corrected chi connectivity index (χ3v) is 6.25. The Labute approximate surface area is 151 Å². The Morgan fingerprint density at radius 1 is 1.29 bits per heavy atom. The number of rotatable bonds is 3. The number of hydrogen-bond donors (Lipinski definition) is 2. The Bertz CT molecular complexity index is 716. The molecule has 2 fully saturated rings. The van der Waals surface area contributed by atoms with Crippen LogP contribution in [-0.2, 0) is 0 Å². The van der Waals surface area contributed by atoms with Crippen molar-refractivity contribution in [3.8, 4) is 0 Å². The van der Waals surface area contributed by atoms with Gasteiger partial charge in [0, 0.05) is 44.3 Å². The molecule has 0 saturated carbocycles. The molecular weight excluding hydrogens is 344 g/mol. The summed E-state index contributed by atoms with van der Waals surface area (Å²) in [4.78, 5) is 9.54. The number of thiazole rings is 1. The SMILES string of the molecule is O[C@@]1(CN2CCCN(c3nc4ccc(Cl)cc4s3)CC2)CCNC1. The molecule has 2 N–H and O–H groups in total. The minimum Gasteiger partial charge on any atom is -0.387 e. The number of anilines is 1. The first-order valence-electron chi connectivity index (χ1n) is 8.58. The molecule has 130 valence electrons. The summed E-state index contributed by atoms with van der Waals surface area (Å²) in [7, 11) is 0. The van der Waals surface area contributed by atoms with Gasteiger partial charge in [0.05, 0.1) is 15.8 Å². The van der Waals surface area contributed by atoms with Gasteiger partial charge in [0.1, 0.15) is 0 Å². The smallest absolute Gasteiger partial charge is 0.186 e. The molecule has 1 aromatic heterocycles. The van der Waals surface area contributed by atoms with E-state index in [1.165, 1.54) is 0 Å². The van der Waals surface area contributed by atoms with Crippen LogP contribution in [0, 0.1) is 0 Å². The highest BCUT2D eigenvalue weighted by Gasteiger charge is 2.33. The van der Waals surface area contributed by atoms with Crippen LogP contribution in [0.25, 0.3) is 10.2 Å². The summed E-state index contributed by atoms with van der Waals surface area (Å²) < 4.78 is 1.14. The highest BCUT2D eigenvalue weighted by Crippen LogP contribution is 2.31. The Hall–Kier alpha value is -0.920. The molecule has 0 bridgehead atoms. The number of aromatic nitrogens is 1. The molecule has 7 heteroatoms. The van der Waals surface area contributed by atoms with Gasteiger partial charge in [-0.05, 0) is 37.6 Å². The number of nitrogens with zero attached hydrogens (tertiary/aromatic N) is 3. The second-order valence-corrected chi connectivity index (χ2v) is 8.32. The summed E-state index contributed by atoms with van der Waals surface area (Å²) >= 11 is 7.80. The molecule has 2 saturated heterocycles. The Morgan fingerprint density at radius 2 is 2.21 bits per heavy atom. The van der Waals surface area contributed by atoms with Crippen LogP contribution >= 0.6 is 22.9 Å².